The molecule has 0 unspecified atom stereocenters. The van der Waals surface area contributed by atoms with Crippen LogP contribution in [-0.4, -0.2) is 23.4 Å². The number of anilines is 1. The number of nitrogens with one attached hydrogen (secondary N) is 1. The van der Waals surface area contributed by atoms with Crippen LogP contribution < -0.4 is 5.32 Å². The van der Waals surface area contributed by atoms with Crippen molar-refractivity contribution in [2.75, 3.05) is 11.9 Å². The van der Waals surface area contributed by atoms with Crippen molar-refractivity contribution in [1.82, 2.24) is 4.90 Å². The summed E-state index contributed by atoms with van der Waals surface area (Å²) in [7, 11) is 0. The Bertz CT molecular complexity index is 675. The fourth-order valence-corrected chi connectivity index (χ4v) is 3.19. The van der Waals surface area contributed by atoms with Crippen LogP contribution in [0.15, 0.2) is 40.8 Å². The van der Waals surface area contributed by atoms with Crippen LogP contribution in [0.2, 0.25) is 0 Å². The van der Waals surface area contributed by atoms with E-state index in [1.807, 2.05) is 41.3 Å². The minimum atomic E-state index is 0.146. The van der Waals surface area contributed by atoms with Crippen molar-refractivity contribution in [1.29, 1.82) is 0 Å². The molecule has 1 aromatic heterocycles. The van der Waals surface area contributed by atoms with Crippen LogP contribution in [0.5, 0.6) is 0 Å². The third-order valence-corrected chi connectivity index (χ3v) is 4.73. The van der Waals surface area contributed by atoms with Crippen molar-refractivity contribution in [3.63, 3.8) is 0 Å². The first-order valence-electron chi connectivity index (χ1n) is 8.90. The molecule has 1 atom stereocenters. The minimum Gasteiger partial charge on any atom is -0.464 e. The van der Waals surface area contributed by atoms with Gasteiger partial charge in [0.25, 0.3) is 5.91 Å². The molecule has 0 saturated carbocycles. The number of likely N-dealkylation sites (tertiary alicyclic amines) is 1. The van der Waals surface area contributed by atoms with Gasteiger partial charge in [0, 0.05) is 30.3 Å². The number of hydrogen-bond donors (Lipinski definition) is 1. The summed E-state index contributed by atoms with van der Waals surface area (Å²) in [5.74, 6) is 2.07. The first-order valence-corrected chi connectivity index (χ1v) is 8.90. The molecule has 0 aliphatic carbocycles. The van der Waals surface area contributed by atoms with Crippen molar-refractivity contribution in [3.05, 3.63) is 53.5 Å². The normalized spacial score (nSPS) is 17.8. The maximum atomic E-state index is 12.6. The fraction of sp³-hybridized carbons (Fsp3) is 0.450. The molecule has 24 heavy (non-hydrogen) atoms. The van der Waals surface area contributed by atoms with Gasteiger partial charge in [-0.05, 0) is 62.6 Å². The van der Waals surface area contributed by atoms with E-state index in [0.717, 1.165) is 48.6 Å². The van der Waals surface area contributed by atoms with E-state index in [-0.39, 0.29) is 5.91 Å². The highest BCUT2D eigenvalue weighted by molar-refractivity contribution is 5.94. The summed E-state index contributed by atoms with van der Waals surface area (Å²) in [6.45, 7) is 5.74. The van der Waals surface area contributed by atoms with E-state index >= 15 is 0 Å². The monoisotopic (exact) mass is 326 g/mol. The highest BCUT2D eigenvalue weighted by atomic mass is 16.3. The summed E-state index contributed by atoms with van der Waals surface area (Å²) in [4.78, 5) is 14.6. The molecule has 4 heteroatoms. The average molecular weight is 326 g/mol. The van der Waals surface area contributed by atoms with Gasteiger partial charge in [-0.2, -0.15) is 0 Å². The average Bonchev–Trinajstić information content (AvgIpc) is 3.08. The smallest absolute Gasteiger partial charge is 0.254 e. The molecule has 2 aromatic rings. The molecule has 0 bridgehead atoms. The van der Waals surface area contributed by atoms with Crippen LogP contribution in [0.3, 0.4) is 0 Å². The van der Waals surface area contributed by atoms with Gasteiger partial charge < -0.3 is 14.6 Å². The molecule has 2 heterocycles. The lowest BCUT2D eigenvalue weighted by Crippen LogP contribution is -2.41. The fourth-order valence-electron chi connectivity index (χ4n) is 3.19. The Balaban J connectivity index is 1.59. The van der Waals surface area contributed by atoms with Gasteiger partial charge in [-0.1, -0.05) is 6.92 Å². The lowest BCUT2D eigenvalue weighted by Gasteiger charge is -2.33. The lowest BCUT2D eigenvalue weighted by molar-refractivity contribution is 0.0635. The van der Waals surface area contributed by atoms with E-state index < -0.39 is 0 Å². The van der Waals surface area contributed by atoms with Gasteiger partial charge in [0.05, 0.1) is 6.54 Å². The number of piperidine rings is 1. The van der Waals surface area contributed by atoms with Gasteiger partial charge in [-0.15, -0.1) is 0 Å². The third kappa shape index (κ3) is 3.81. The van der Waals surface area contributed by atoms with E-state index in [9.17, 15) is 4.79 Å². The molecule has 1 aliphatic heterocycles. The van der Waals surface area contributed by atoms with Crippen molar-refractivity contribution in [3.8, 4) is 0 Å². The highest BCUT2D eigenvalue weighted by Crippen LogP contribution is 2.20. The zero-order chi connectivity index (χ0) is 16.9. The highest BCUT2D eigenvalue weighted by Gasteiger charge is 2.23. The van der Waals surface area contributed by atoms with Gasteiger partial charge in [-0.3, -0.25) is 4.79 Å². The Morgan fingerprint density at radius 3 is 2.58 bits per heavy atom. The van der Waals surface area contributed by atoms with Gasteiger partial charge in [0.15, 0.2) is 0 Å². The molecule has 1 aromatic carbocycles. The molecule has 1 aliphatic rings. The molecular weight excluding hydrogens is 300 g/mol. The molecule has 3 rings (SSSR count). The van der Waals surface area contributed by atoms with Crippen LogP contribution in [0.1, 0.15) is 55.0 Å². The SMILES string of the molecule is CCc1ccc(CNc2ccc(C(=O)N3CCCC[C@H]3C)cc2)o1. The summed E-state index contributed by atoms with van der Waals surface area (Å²) in [6.07, 6.45) is 4.35. The predicted molar refractivity (Wildman–Crippen MR) is 96.2 cm³/mol. The summed E-state index contributed by atoms with van der Waals surface area (Å²) < 4.78 is 5.68. The van der Waals surface area contributed by atoms with E-state index in [0.29, 0.717) is 12.6 Å². The number of carbonyl (C=O) groups is 1. The van der Waals surface area contributed by atoms with E-state index in [4.69, 9.17) is 4.42 Å². The number of nitrogens with zero attached hydrogens (tertiary/aromatic N) is 1. The molecular formula is C20H26N2O2. The van der Waals surface area contributed by atoms with Crippen molar-refractivity contribution in [2.24, 2.45) is 0 Å². The summed E-state index contributed by atoms with van der Waals surface area (Å²) in [6, 6.07) is 12.1. The number of aryl methyl sites for hydroxylation is 1. The number of rotatable bonds is 5. The van der Waals surface area contributed by atoms with E-state index in [1.54, 1.807) is 0 Å². The first-order chi connectivity index (χ1) is 11.7. The second-order valence-electron chi connectivity index (χ2n) is 6.50. The zero-order valence-electron chi connectivity index (χ0n) is 14.5. The zero-order valence-corrected chi connectivity index (χ0v) is 14.5. The molecule has 4 nitrogen and oxygen atoms in total. The number of hydrogen-bond acceptors (Lipinski definition) is 3. The third-order valence-electron chi connectivity index (χ3n) is 4.73. The topological polar surface area (TPSA) is 45.5 Å². The molecule has 1 amide bonds. The molecule has 1 N–H and O–H groups in total. The predicted octanol–water partition coefficient (Wildman–Crippen LogP) is 4.47. The van der Waals surface area contributed by atoms with Crippen molar-refractivity contribution in [2.45, 2.75) is 52.1 Å². The van der Waals surface area contributed by atoms with Crippen molar-refractivity contribution < 1.29 is 9.21 Å². The van der Waals surface area contributed by atoms with Crippen LogP contribution >= 0.6 is 0 Å². The molecule has 0 spiro atoms. The largest absolute Gasteiger partial charge is 0.464 e. The van der Waals surface area contributed by atoms with Crippen LogP contribution in [0, 0.1) is 0 Å². The maximum absolute atomic E-state index is 12.6. The summed E-state index contributed by atoms with van der Waals surface area (Å²) in [5.41, 5.74) is 1.76. The Kier molecular flexibility index (Phi) is 5.24. The number of furan rings is 1. The standard InChI is InChI=1S/C20H26N2O2/c1-3-18-11-12-19(24-18)14-21-17-9-7-16(8-10-17)20(23)22-13-5-4-6-15(22)2/h7-12,15,21H,3-6,13-14H2,1-2H3/t15-/m1/s1. The van der Waals surface area contributed by atoms with E-state index in [1.165, 1.54) is 6.42 Å². The van der Waals surface area contributed by atoms with Crippen LogP contribution in [-0.2, 0) is 13.0 Å². The Labute approximate surface area is 143 Å². The van der Waals surface area contributed by atoms with Gasteiger partial charge >= 0.3 is 0 Å². The first kappa shape index (κ1) is 16.6. The summed E-state index contributed by atoms with van der Waals surface area (Å²) in [5, 5.41) is 3.33. The van der Waals surface area contributed by atoms with Crippen molar-refractivity contribution >= 4 is 11.6 Å². The maximum Gasteiger partial charge on any atom is 0.254 e. The summed E-state index contributed by atoms with van der Waals surface area (Å²) >= 11 is 0. The Morgan fingerprint density at radius 1 is 1.17 bits per heavy atom. The van der Waals surface area contributed by atoms with Crippen LogP contribution in [0.25, 0.3) is 0 Å². The van der Waals surface area contributed by atoms with E-state index in [2.05, 4.69) is 19.2 Å². The van der Waals surface area contributed by atoms with Crippen LogP contribution in [0.4, 0.5) is 5.69 Å². The van der Waals surface area contributed by atoms with Gasteiger partial charge in [-0.25, -0.2) is 0 Å². The second kappa shape index (κ2) is 7.56. The molecule has 0 radical (unpaired) electrons. The molecule has 128 valence electrons. The van der Waals surface area contributed by atoms with Gasteiger partial charge in [0.1, 0.15) is 11.5 Å². The Hall–Kier alpha value is -2.23. The molecule has 1 saturated heterocycles. The Morgan fingerprint density at radius 2 is 1.92 bits per heavy atom. The van der Waals surface area contributed by atoms with Gasteiger partial charge in [0.2, 0.25) is 0 Å². The number of benzene rings is 1. The second-order valence-corrected chi connectivity index (χ2v) is 6.50. The quantitative estimate of drug-likeness (QED) is 0.882. The number of carbonyl (C=O) groups excluding carboxylic acids is 1. The number of amides is 1. The lowest BCUT2D eigenvalue weighted by atomic mass is 10.0. The minimum absolute atomic E-state index is 0.146. The molecule has 1 fully saturated rings.